The summed E-state index contributed by atoms with van der Waals surface area (Å²) < 4.78 is 5.19. The molecule has 1 aliphatic heterocycles. The molecule has 2 amide bonds. The third-order valence-electron chi connectivity index (χ3n) is 4.45. The second-order valence-corrected chi connectivity index (χ2v) is 5.95. The lowest BCUT2D eigenvalue weighted by atomic mass is 9.98. The van der Waals surface area contributed by atoms with Crippen LogP contribution in [0.1, 0.15) is 23.5 Å². The van der Waals surface area contributed by atoms with Crippen molar-refractivity contribution >= 4 is 11.7 Å². The van der Waals surface area contributed by atoms with E-state index in [0.717, 1.165) is 36.5 Å². The van der Waals surface area contributed by atoms with Crippen LogP contribution >= 0.6 is 0 Å². The lowest BCUT2D eigenvalue weighted by molar-refractivity contribution is 0.222. The molecule has 2 aromatic carbocycles. The fourth-order valence-electron chi connectivity index (χ4n) is 3.00. The number of rotatable bonds is 3. The van der Waals surface area contributed by atoms with Crippen molar-refractivity contribution in [3.05, 3.63) is 59.7 Å². The maximum absolute atomic E-state index is 12.4. The number of hydrogen-bond acceptors (Lipinski definition) is 2. The number of carbonyl (C=O) groups excluding carboxylic acids is 1. The Bertz CT molecular complexity index is 682. The number of urea groups is 1. The average molecular weight is 310 g/mol. The van der Waals surface area contributed by atoms with Crippen LogP contribution in [0.15, 0.2) is 48.5 Å². The van der Waals surface area contributed by atoms with Crippen LogP contribution in [0.2, 0.25) is 0 Å². The van der Waals surface area contributed by atoms with Gasteiger partial charge in [0.25, 0.3) is 0 Å². The number of para-hydroxylation sites is 1. The van der Waals surface area contributed by atoms with Gasteiger partial charge in [0.05, 0.1) is 7.11 Å². The first-order chi connectivity index (χ1) is 11.2. The Hall–Kier alpha value is -2.49. The monoisotopic (exact) mass is 310 g/mol. The molecule has 4 heteroatoms. The van der Waals surface area contributed by atoms with Crippen LogP contribution in [0, 0.1) is 6.92 Å². The summed E-state index contributed by atoms with van der Waals surface area (Å²) >= 11 is 0. The highest BCUT2D eigenvalue weighted by Gasteiger charge is 2.27. The minimum Gasteiger partial charge on any atom is -0.497 e. The summed E-state index contributed by atoms with van der Waals surface area (Å²) in [7, 11) is 1.67. The van der Waals surface area contributed by atoms with Gasteiger partial charge in [0, 0.05) is 24.7 Å². The summed E-state index contributed by atoms with van der Waals surface area (Å²) in [5.41, 5.74) is 3.22. The second-order valence-electron chi connectivity index (χ2n) is 5.95. The number of hydrogen-bond donors (Lipinski definition) is 1. The Morgan fingerprint density at radius 3 is 2.61 bits per heavy atom. The van der Waals surface area contributed by atoms with Crippen LogP contribution in [-0.4, -0.2) is 31.1 Å². The molecule has 0 bridgehead atoms. The number of methoxy groups -OCH3 is 1. The fraction of sp³-hybridized carbons (Fsp3) is 0.316. The molecule has 0 spiro atoms. The molecule has 23 heavy (non-hydrogen) atoms. The van der Waals surface area contributed by atoms with Crippen molar-refractivity contribution in [1.82, 2.24) is 4.90 Å². The number of likely N-dealkylation sites (tertiary alicyclic amines) is 1. The molecule has 3 rings (SSSR count). The molecule has 4 nitrogen and oxygen atoms in total. The van der Waals surface area contributed by atoms with Gasteiger partial charge in [-0.3, -0.25) is 0 Å². The van der Waals surface area contributed by atoms with Crippen LogP contribution in [0.3, 0.4) is 0 Å². The number of carbonyl (C=O) groups is 1. The molecule has 120 valence electrons. The number of aryl methyl sites for hydroxylation is 1. The molecule has 1 aliphatic rings. The average Bonchev–Trinajstić information content (AvgIpc) is 3.07. The topological polar surface area (TPSA) is 41.6 Å². The predicted molar refractivity (Wildman–Crippen MR) is 92.1 cm³/mol. The molecule has 0 radical (unpaired) electrons. The molecule has 0 saturated carbocycles. The summed E-state index contributed by atoms with van der Waals surface area (Å²) in [5, 5.41) is 3.01. The van der Waals surface area contributed by atoms with Gasteiger partial charge in [-0.1, -0.05) is 30.3 Å². The van der Waals surface area contributed by atoms with Crippen molar-refractivity contribution in [2.24, 2.45) is 0 Å². The van der Waals surface area contributed by atoms with Gasteiger partial charge in [0.1, 0.15) is 5.75 Å². The van der Waals surface area contributed by atoms with E-state index in [-0.39, 0.29) is 6.03 Å². The molecule has 1 heterocycles. The van der Waals surface area contributed by atoms with Crippen LogP contribution < -0.4 is 10.1 Å². The van der Waals surface area contributed by atoms with Crippen molar-refractivity contribution in [3.8, 4) is 5.75 Å². The van der Waals surface area contributed by atoms with Crippen molar-refractivity contribution in [2.45, 2.75) is 19.3 Å². The first-order valence-electron chi connectivity index (χ1n) is 7.93. The van der Waals surface area contributed by atoms with Gasteiger partial charge in [-0.2, -0.15) is 0 Å². The fourth-order valence-corrected chi connectivity index (χ4v) is 3.00. The first kappa shape index (κ1) is 15.4. The summed E-state index contributed by atoms with van der Waals surface area (Å²) in [6.07, 6.45) is 0.994. The minimum absolute atomic E-state index is 0.0182. The normalized spacial score (nSPS) is 17.1. The Morgan fingerprint density at radius 2 is 1.91 bits per heavy atom. The lowest BCUT2D eigenvalue weighted by Crippen LogP contribution is -2.33. The smallest absolute Gasteiger partial charge is 0.321 e. The Balaban J connectivity index is 1.62. The molecule has 1 atom stereocenters. The number of nitrogens with zero attached hydrogens (tertiary/aromatic N) is 1. The molecule has 1 fully saturated rings. The Kier molecular flexibility index (Phi) is 4.51. The Morgan fingerprint density at radius 1 is 1.17 bits per heavy atom. The number of amides is 2. The Labute approximate surface area is 137 Å². The molecule has 2 aromatic rings. The van der Waals surface area contributed by atoms with Crippen LogP contribution in [0.5, 0.6) is 5.75 Å². The van der Waals surface area contributed by atoms with Crippen LogP contribution in [-0.2, 0) is 0 Å². The van der Waals surface area contributed by atoms with Crippen molar-refractivity contribution < 1.29 is 9.53 Å². The molecule has 0 aromatic heterocycles. The number of anilines is 1. The standard InChI is InChI=1S/C19H22N2O2/c1-14-5-3-4-6-18(14)20-19(22)21-12-11-16(13-21)15-7-9-17(23-2)10-8-15/h3-10,16H,11-13H2,1-2H3,(H,20,22). The zero-order chi connectivity index (χ0) is 16.2. The summed E-state index contributed by atoms with van der Waals surface area (Å²) in [4.78, 5) is 14.3. The first-order valence-corrected chi connectivity index (χ1v) is 7.93. The van der Waals surface area contributed by atoms with E-state index in [1.165, 1.54) is 5.56 Å². The maximum Gasteiger partial charge on any atom is 0.321 e. The van der Waals surface area contributed by atoms with E-state index in [9.17, 15) is 4.79 Å². The predicted octanol–water partition coefficient (Wildman–Crippen LogP) is 4.03. The molecule has 1 saturated heterocycles. The van der Waals surface area contributed by atoms with Gasteiger partial charge in [-0.15, -0.1) is 0 Å². The quantitative estimate of drug-likeness (QED) is 0.930. The van der Waals surface area contributed by atoms with Crippen LogP contribution in [0.25, 0.3) is 0 Å². The van der Waals surface area contributed by atoms with E-state index >= 15 is 0 Å². The maximum atomic E-state index is 12.4. The van der Waals surface area contributed by atoms with E-state index in [4.69, 9.17) is 4.74 Å². The van der Waals surface area contributed by atoms with Gasteiger partial charge < -0.3 is 15.0 Å². The van der Waals surface area contributed by atoms with Gasteiger partial charge in [0.2, 0.25) is 0 Å². The highest BCUT2D eigenvalue weighted by molar-refractivity contribution is 5.90. The number of nitrogens with one attached hydrogen (secondary N) is 1. The van der Waals surface area contributed by atoms with E-state index in [1.807, 2.05) is 48.2 Å². The molecule has 1 N–H and O–H groups in total. The van der Waals surface area contributed by atoms with Gasteiger partial charge in [-0.25, -0.2) is 4.79 Å². The highest BCUT2D eigenvalue weighted by atomic mass is 16.5. The van der Waals surface area contributed by atoms with E-state index in [2.05, 4.69) is 17.4 Å². The minimum atomic E-state index is -0.0182. The van der Waals surface area contributed by atoms with Crippen LogP contribution in [0.4, 0.5) is 10.5 Å². The van der Waals surface area contributed by atoms with E-state index < -0.39 is 0 Å². The van der Waals surface area contributed by atoms with Gasteiger partial charge in [-0.05, 0) is 42.7 Å². The lowest BCUT2D eigenvalue weighted by Gasteiger charge is -2.18. The number of ether oxygens (including phenoxy) is 1. The SMILES string of the molecule is COc1ccc(C2CCN(C(=O)Nc3ccccc3C)C2)cc1. The van der Waals surface area contributed by atoms with Gasteiger partial charge >= 0.3 is 6.03 Å². The number of benzene rings is 2. The third-order valence-corrected chi connectivity index (χ3v) is 4.45. The zero-order valence-electron chi connectivity index (χ0n) is 13.6. The van der Waals surface area contributed by atoms with Crippen molar-refractivity contribution in [2.75, 3.05) is 25.5 Å². The van der Waals surface area contributed by atoms with Crippen molar-refractivity contribution in [3.63, 3.8) is 0 Å². The molecular weight excluding hydrogens is 288 g/mol. The summed E-state index contributed by atoms with van der Waals surface area (Å²) in [6.45, 7) is 3.54. The summed E-state index contributed by atoms with van der Waals surface area (Å²) in [5.74, 6) is 1.25. The molecule has 1 unspecified atom stereocenters. The molecule has 0 aliphatic carbocycles. The second kappa shape index (κ2) is 6.73. The highest BCUT2D eigenvalue weighted by Crippen LogP contribution is 2.29. The molecular formula is C19H22N2O2. The zero-order valence-corrected chi connectivity index (χ0v) is 13.6. The summed E-state index contributed by atoms with van der Waals surface area (Å²) in [6, 6.07) is 16.0. The largest absolute Gasteiger partial charge is 0.497 e. The van der Waals surface area contributed by atoms with E-state index in [0.29, 0.717) is 5.92 Å². The van der Waals surface area contributed by atoms with Crippen molar-refractivity contribution in [1.29, 1.82) is 0 Å². The van der Waals surface area contributed by atoms with Gasteiger partial charge in [0.15, 0.2) is 0 Å². The van der Waals surface area contributed by atoms with E-state index in [1.54, 1.807) is 7.11 Å². The third kappa shape index (κ3) is 3.47.